The monoisotopic (exact) mass is 176 g/mol. The molecule has 1 N–H and O–H groups in total. The third kappa shape index (κ3) is 3.49. The Kier molecular flexibility index (Phi) is 4.53. The Morgan fingerprint density at radius 3 is 3.00 bits per heavy atom. The molecule has 0 bridgehead atoms. The zero-order valence-corrected chi connectivity index (χ0v) is 7.36. The fourth-order valence-corrected chi connectivity index (χ4v) is 1.13. The first-order valence-corrected chi connectivity index (χ1v) is 4.19. The topological polar surface area (TPSA) is 47.9 Å². The molecule has 4 nitrogen and oxygen atoms in total. The first-order chi connectivity index (χ1) is 5.83. The zero-order valence-electron chi connectivity index (χ0n) is 7.36. The van der Waals surface area contributed by atoms with Gasteiger partial charge in [0.1, 0.15) is 6.10 Å². The Bertz CT molecular complexity index is 112. The van der Waals surface area contributed by atoms with E-state index in [1.807, 2.05) is 0 Å². The van der Waals surface area contributed by atoms with Crippen molar-refractivity contribution in [3.05, 3.63) is 0 Å². The molecule has 1 aliphatic heterocycles. The van der Waals surface area contributed by atoms with E-state index in [2.05, 4.69) is 0 Å². The normalized spacial score (nSPS) is 26.0. The maximum Gasteiger partial charge on any atom is 0.101 e. The van der Waals surface area contributed by atoms with Crippen LogP contribution in [0.15, 0.2) is 0 Å². The molecule has 0 spiro atoms. The van der Waals surface area contributed by atoms with E-state index < -0.39 is 6.10 Å². The Labute approximate surface area is 72.4 Å². The van der Waals surface area contributed by atoms with E-state index in [0.717, 1.165) is 13.0 Å². The van der Waals surface area contributed by atoms with Crippen molar-refractivity contribution in [3.8, 4) is 0 Å². The van der Waals surface area contributed by atoms with Gasteiger partial charge in [0, 0.05) is 13.7 Å². The summed E-state index contributed by atoms with van der Waals surface area (Å²) in [5.41, 5.74) is 0. The van der Waals surface area contributed by atoms with Crippen LogP contribution in [-0.2, 0) is 14.2 Å². The molecule has 0 saturated carbocycles. The summed E-state index contributed by atoms with van der Waals surface area (Å²) in [4.78, 5) is 0. The minimum atomic E-state index is -0.518. The average molecular weight is 176 g/mol. The highest BCUT2D eigenvalue weighted by molar-refractivity contribution is 4.64. The van der Waals surface area contributed by atoms with Gasteiger partial charge in [0.25, 0.3) is 0 Å². The molecule has 0 amide bonds. The van der Waals surface area contributed by atoms with Crippen LogP contribution in [0.2, 0.25) is 0 Å². The summed E-state index contributed by atoms with van der Waals surface area (Å²) in [6, 6.07) is 0. The minimum absolute atomic E-state index is 0.163. The highest BCUT2D eigenvalue weighted by Gasteiger charge is 2.17. The van der Waals surface area contributed by atoms with Crippen LogP contribution in [0.25, 0.3) is 0 Å². The Morgan fingerprint density at radius 1 is 1.58 bits per heavy atom. The van der Waals surface area contributed by atoms with Gasteiger partial charge >= 0.3 is 0 Å². The van der Waals surface area contributed by atoms with Crippen LogP contribution in [-0.4, -0.2) is 50.9 Å². The summed E-state index contributed by atoms with van der Waals surface area (Å²) in [6.07, 6.45) is 0.576. The van der Waals surface area contributed by atoms with Gasteiger partial charge in [0.05, 0.1) is 25.9 Å². The van der Waals surface area contributed by atoms with Crippen molar-refractivity contribution in [1.82, 2.24) is 0 Å². The summed E-state index contributed by atoms with van der Waals surface area (Å²) in [7, 11) is 1.56. The zero-order chi connectivity index (χ0) is 8.81. The van der Waals surface area contributed by atoms with Gasteiger partial charge < -0.3 is 19.3 Å². The molecule has 72 valence electrons. The van der Waals surface area contributed by atoms with Crippen LogP contribution in [0, 0.1) is 0 Å². The van der Waals surface area contributed by atoms with E-state index in [1.54, 1.807) is 7.11 Å². The lowest BCUT2D eigenvalue weighted by Gasteiger charge is -2.13. The van der Waals surface area contributed by atoms with E-state index >= 15 is 0 Å². The van der Waals surface area contributed by atoms with Gasteiger partial charge in [-0.3, -0.25) is 0 Å². The first-order valence-electron chi connectivity index (χ1n) is 4.19. The van der Waals surface area contributed by atoms with Crippen LogP contribution < -0.4 is 0 Å². The molecule has 2 atom stereocenters. The van der Waals surface area contributed by atoms with Crippen molar-refractivity contribution < 1.29 is 19.3 Å². The third-order valence-corrected chi connectivity index (χ3v) is 1.77. The predicted octanol–water partition coefficient (Wildman–Crippen LogP) is -0.201. The second-order valence-electron chi connectivity index (χ2n) is 2.93. The summed E-state index contributed by atoms with van der Waals surface area (Å²) >= 11 is 0. The molecule has 1 rings (SSSR count). The Balaban J connectivity index is 1.99. The first kappa shape index (κ1) is 9.92. The Morgan fingerprint density at radius 2 is 2.42 bits per heavy atom. The number of rotatable bonds is 5. The third-order valence-electron chi connectivity index (χ3n) is 1.77. The highest BCUT2D eigenvalue weighted by Crippen LogP contribution is 2.08. The smallest absolute Gasteiger partial charge is 0.101 e. The SMILES string of the molecule is COCC(O)COC1CCOC1. The van der Waals surface area contributed by atoms with Gasteiger partial charge in [0.2, 0.25) is 0 Å². The van der Waals surface area contributed by atoms with Crippen molar-refractivity contribution in [1.29, 1.82) is 0 Å². The molecular formula is C8H16O4. The number of methoxy groups -OCH3 is 1. The molecule has 0 aromatic carbocycles. The number of aliphatic hydroxyl groups excluding tert-OH is 1. The fourth-order valence-electron chi connectivity index (χ4n) is 1.13. The molecule has 0 aliphatic carbocycles. The summed E-state index contributed by atoms with van der Waals surface area (Å²) < 4.78 is 15.2. The molecule has 1 aliphatic rings. The summed E-state index contributed by atoms with van der Waals surface area (Å²) in [6.45, 7) is 2.08. The largest absolute Gasteiger partial charge is 0.388 e. The van der Waals surface area contributed by atoms with Crippen LogP contribution in [0.1, 0.15) is 6.42 Å². The maximum atomic E-state index is 9.22. The lowest BCUT2D eigenvalue weighted by atomic mass is 10.3. The van der Waals surface area contributed by atoms with Crippen molar-refractivity contribution in [2.45, 2.75) is 18.6 Å². The lowest BCUT2D eigenvalue weighted by molar-refractivity contribution is -0.0373. The number of hydrogen-bond donors (Lipinski definition) is 1. The molecule has 4 heteroatoms. The van der Waals surface area contributed by atoms with Gasteiger partial charge in [-0.05, 0) is 6.42 Å². The van der Waals surface area contributed by atoms with Gasteiger partial charge in [0.15, 0.2) is 0 Å². The average Bonchev–Trinajstić information content (AvgIpc) is 2.53. The van der Waals surface area contributed by atoms with E-state index in [1.165, 1.54) is 0 Å². The number of hydrogen-bond acceptors (Lipinski definition) is 4. The maximum absolute atomic E-state index is 9.22. The molecule has 1 saturated heterocycles. The van der Waals surface area contributed by atoms with E-state index in [0.29, 0.717) is 19.8 Å². The predicted molar refractivity (Wildman–Crippen MR) is 43.1 cm³/mol. The number of ether oxygens (including phenoxy) is 3. The standard InChI is InChI=1S/C8H16O4/c1-10-4-7(9)5-12-8-2-3-11-6-8/h7-9H,2-6H2,1H3. The molecule has 1 fully saturated rings. The minimum Gasteiger partial charge on any atom is -0.388 e. The Hall–Kier alpha value is -0.160. The van der Waals surface area contributed by atoms with Crippen LogP contribution in [0.4, 0.5) is 0 Å². The summed E-state index contributed by atoms with van der Waals surface area (Å²) in [5.74, 6) is 0. The molecule has 0 aromatic rings. The molecule has 0 aromatic heterocycles. The second-order valence-corrected chi connectivity index (χ2v) is 2.93. The van der Waals surface area contributed by atoms with E-state index in [-0.39, 0.29) is 6.10 Å². The van der Waals surface area contributed by atoms with Gasteiger partial charge in [-0.1, -0.05) is 0 Å². The van der Waals surface area contributed by atoms with Gasteiger partial charge in [-0.25, -0.2) is 0 Å². The van der Waals surface area contributed by atoms with Gasteiger partial charge in [-0.15, -0.1) is 0 Å². The van der Waals surface area contributed by atoms with Crippen molar-refractivity contribution in [2.24, 2.45) is 0 Å². The van der Waals surface area contributed by atoms with Crippen molar-refractivity contribution in [2.75, 3.05) is 33.5 Å². The fraction of sp³-hybridized carbons (Fsp3) is 1.00. The highest BCUT2D eigenvalue weighted by atomic mass is 16.6. The van der Waals surface area contributed by atoms with Gasteiger partial charge in [-0.2, -0.15) is 0 Å². The van der Waals surface area contributed by atoms with Crippen LogP contribution >= 0.6 is 0 Å². The van der Waals surface area contributed by atoms with Crippen LogP contribution in [0.3, 0.4) is 0 Å². The van der Waals surface area contributed by atoms with Crippen molar-refractivity contribution >= 4 is 0 Å². The quantitative estimate of drug-likeness (QED) is 0.630. The van der Waals surface area contributed by atoms with Crippen molar-refractivity contribution in [3.63, 3.8) is 0 Å². The lowest BCUT2D eigenvalue weighted by Crippen LogP contribution is -2.25. The number of aliphatic hydroxyl groups is 1. The molecular weight excluding hydrogens is 160 g/mol. The molecule has 12 heavy (non-hydrogen) atoms. The molecule has 2 unspecified atom stereocenters. The molecule has 0 radical (unpaired) electrons. The van der Waals surface area contributed by atoms with E-state index in [9.17, 15) is 5.11 Å². The summed E-state index contributed by atoms with van der Waals surface area (Å²) in [5, 5.41) is 9.22. The molecule has 1 heterocycles. The second kappa shape index (κ2) is 5.48. The van der Waals surface area contributed by atoms with E-state index in [4.69, 9.17) is 14.2 Å². The van der Waals surface area contributed by atoms with Crippen LogP contribution in [0.5, 0.6) is 0 Å².